The van der Waals surface area contributed by atoms with Crippen LogP contribution in [-0.4, -0.2) is 23.5 Å². The molecule has 3 rings (SSSR count). The van der Waals surface area contributed by atoms with E-state index in [0.717, 1.165) is 34.1 Å². The van der Waals surface area contributed by atoms with Gasteiger partial charge in [0.05, 0.1) is 13.2 Å². The Bertz CT molecular complexity index is 922. The number of hydrogen-bond donors (Lipinski definition) is 1. The molecule has 0 aliphatic carbocycles. The van der Waals surface area contributed by atoms with Gasteiger partial charge in [-0.15, -0.1) is 0 Å². The summed E-state index contributed by atoms with van der Waals surface area (Å²) in [5.41, 5.74) is 5.98. The van der Waals surface area contributed by atoms with Crippen LogP contribution in [0.15, 0.2) is 54.6 Å². The number of Topliss-reactive ketones (excluding diaryl/α,β-unsaturated/α-hetero) is 1. The van der Waals surface area contributed by atoms with Gasteiger partial charge in [-0.05, 0) is 70.2 Å². The van der Waals surface area contributed by atoms with Gasteiger partial charge in [0.15, 0.2) is 5.78 Å². The van der Waals surface area contributed by atoms with Crippen molar-refractivity contribution in [2.45, 2.75) is 27.7 Å². The van der Waals surface area contributed by atoms with Crippen molar-refractivity contribution in [1.82, 2.24) is 4.57 Å². The molecule has 0 aliphatic rings. The zero-order chi connectivity index (χ0) is 19.4. The summed E-state index contributed by atoms with van der Waals surface area (Å²) in [7, 11) is 0. The van der Waals surface area contributed by atoms with Gasteiger partial charge >= 0.3 is 0 Å². The third kappa shape index (κ3) is 4.22. The number of aryl methyl sites for hydroxylation is 2. The van der Waals surface area contributed by atoms with Crippen LogP contribution in [0.1, 0.15) is 34.2 Å². The number of nitrogens with one attached hydrogen (secondary N) is 1. The fraction of sp³-hybridized carbons (Fsp3) is 0.261. The van der Waals surface area contributed by atoms with Crippen molar-refractivity contribution < 1.29 is 9.53 Å². The summed E-state index contributed by atoms with van der Waals surface area (Å²) in [6, 6.07) is 18.0. The first-order chi connectivity index (χ1) is 13.0. The number of ketones is 1. The number of carbonyl (C=O) groups excluding carboxylic acids is 1. The van der Waals surface area contributed by atoms with Gasteiger partial charge in [-0.3, -0.25) is 4.79 Å². The van der Waals surface area contributed by atoms with E-state index in [1.54, 1.807) is 0 Å². The molecule has 0 saturated carbocycles. The summed E-state index contributed by atoms with van der Waals surface area (Å²) in [4.78, 5) is 12.8. The minimum atomic E-state index is 0.0790. The molecule has 1 aromatic heterocycles. The number of nitrogens with zero attached hydrogens (tertiary/aromatic N) is 1. The fourth-order valence-electron chi connectivity index (χ4n) is 3.25. The van der Waals surface area contributed by atoms with Crippen LogP contribution < -0.4 is 10.1 Å². The van der Waals surface area contributed by atoms with Gasteiger partial charge in [0.1, 0.15) is 5.75 Å². The van der Waals surface area contributed by atoms with Gasteiger partial charge in [0, 0.05) is 28.3 Å². The number of benzene rings is 2. The van der Waals surface area contributed by atoms with Crippen molar-refractivity contribution in [2.24, 2.45) is 0 Å². The highest BCUT2D eigenvalue weighted by molar-refractivity contribution is 6.00. The standard InChI is InChI=1S/C23H26N2O2/c1-5-27-21-12-8-19(9-13-21)24-15-23(26)22-14-17(3)25(18(22)4)20-10-6-16(2)7-11-20/h6-14,24H,5,15H2,1-4H3. The van der Waals surface area contributed by atoms with Gasteiger partial charge in [0.25, 0.3) is 0 Å². The summed E-state index contributed by atoms with van der Waals surface area (Å²) < 4.78 is 7.57. The van der Waals surface area contributed by atoms with Crippen molar-refractivity contribution in [1.29, 1.82) is 0 Å². The quantitative estimate of drug-likeness (QED) is 0.595. The second-order valence-electron chi connectivity index (χ2n) is 6.69. The van der Waals surface area contributed by atoms with E-state index in [2.05, 4.69) is 41.1 Å². The first-order valence-corrected chi connectivity index (χ1v) is 9.25. The Hall–Kier alpha value is -3.01. The first kappa shape index (κ1) is 18.8. The molecule has 1 N–H and O–H groups in total. The van der Waals surface area contributed by atoms with Gasteiger partial charge < -0.3 is 14.6 Å². The first-order valence-electron chi connectivity index (χ1n) is 9.25. The van der Waals surface area contributed by atoms with Crippen molar-refractivity contribution in [3.8, 4) is 11.4 Å². The summed E-state index contributed by atoms with van der Waals surface area (Å²) in [6.45, 7) is 8.95. The molecule has 0 fully saturated rings. The number of anilines is 1. The normalized spacial score (nSPS) is 10.7. The number of aromatic nitrogens is 1. The molecule has 140 valence electrons. The Kier molecular flexibility index (Phi) is 5.65. The average molecular weight is 362 g/mol. The number of ether oxygens (including phenoxy) is 1. The molecule has 27 heavy (non-hydrogen) atoms. The lowest BCUT2D eigenvalue weighted by atomic mass is 10.1. The van der Waals surface area contributed by atoms with Crippen molar-refractivity contribution in [2.75, 3.05) is 18.5 Å². The zero-order valence-corrected chi connectivity index (χ0v) is 16.4. The molecule has 3 aromatic rings. The fourth-order valence-corrected chi connectivity index (χ4v) is 3.25. The number of rotatable bonds is 7. The minimum Gasteiger partial charge on any atom is -0.494 e. The van der Waals surface area contributed by atoms with Crippen LogP contribution in [0.3, 0.4) is 0 Å². The summed E-state index contributed by atoms with van der Waals surface area (Å²) in [5.74, 6) is 0.909. The van der Waals surface area contributed by atoms with Crippen LogP contribution in [-0.2, 0) is 0 Å². The molecular formula is C23H26N2O2. The Morgan fingerprint density at radius 3 is 2.30 bits per heavy atom. The molecular weight excluding hydrogens is 336 g/mol. The number of hydrogen-bond acceptors (Lipinski definition) is 3. The SMILES string of the molecule is CCOc1ccc(NCC(=O)c2cc(C)n(-c3ccc(C)cc3)c2C)cc1. The molecule has 0 amide bonds. The molecule has 4 nitrogen and oxygen atoms in total. The van der Waals surface area contributed by atoms with E-state index in [4.69, 9.17) is 4.74 Å². The molecule has 0 saturated heterocycles. The smallest absolute Gasteiger partial charge is 0.183 e. The van der Waals surface area contributed by atoms with Crippen LogP contribution in [0.25, 0.3) is 5.69 Å². The Morgan fingerprint density at radius 1 is 1.00 bits per heavy atom. The van der Waals surface area contributed by atoms with Crippen molar-refractivity contribution >= 4 is 11.5 Å². The highest BCUT2D eigenvalue weighted by Crippen LogP contribution is 2.22. The largest absolute Gasteiger partial charge is 0.494 e. The van der Waals surface area contributed by atoms with E-state index in [1.807, 2.05) is 51.1 Å². The van der Waals surface area contributed by atoms with E-state index in [1.165, 1.54) is 5.56 Å². The van der Waals surface area contributed by atoms with Gasteiger partial charge in [0.2, 0.25) is 0 Å². The van der Waals surface area contributed by atoms with E-state index in [0.29, 0.717) is 6.61 Å². The molecule has 1 heterocycles. The Morgan fingerprint density at radius 2 is 1.67 bits per heavy atom. The molecule has 0 spiro atoms. The zero-order valence-electron chi connectivity index (χ0n) is 16.4. The van der Waals surface area contributed by atoms with Gasteiger partial charge in [-0.25, -0.2) is 0 Å². The van der Waals surface area contributed by atoms with E-state index >= 15 is 0 Å². The van der Waals surface area contributed by atoms with E-state index < -0.39 is 0 Å². The van der Waals surface area contributed by atoms with Crippen LogP contribution in [0, 0.1) is 20.8 Å². The van der Waals surface area contributed by atoms with Gasteiger partial charge in [-0.1, -0.05) is 17.7 Å². The average Bonchev–Trinajstić information content (AvgIpc) is 2.96. The minimum absolute atomic E-state index is 0.0790. The summed E-state index contributed by atoms with van der Waals surface area (Å²) in [6.07, 6.45) is 0. The lowest BCUT2D eigenvalue weighted by Crippen LogP contribution is -2.14. The summed E-state index contributed by atoms with van der Waals surface area (Å²) >= 11 is 0. The molecule has 4 heteroatoms. The lowest BCUT2D eigenvalue weighted by molar-refractivity contribution is 0.101. The van der Waals surface area contributed by atoms with Crippen LogP contribution >= 0.6 is 0 Å². The molecule has 0 unspecified atom stereocenters. The van der Waals surface area contributed by atoms with Crippen LogP contribution in [0.4, 0.5) is 5.69 Å². The molecule has 0 bridgehead atoms. The second kappa shape index (κ2) is 8.12. The van der Waals surface area contributed by atoms with Gasteiger partial charge in [-0.2, -0.15) is 0 Å². The topological polar surface area (TPSA) is 43.3 Å². The highest BCUT2D eigenvalue weighted by atomic mass is 16.5. The van der Waals surface area contributed by atoms with Crippen LogP contribution in [0.5, 0.6) is 5.75 Å². The summed E-state index contributed by atoms with van der Waals surface area (Å²) in [5, 5.41) is 3.20. The maximum atomic E-state index is 12.8. The third-order valence-corrected chi connectivity index (χ3v) is 4.64. The maximum absolute atomic E-state index is 12.8. The third-order valence-electron chi connectivity index (χ3n) is 4.64. The van der Waals surface area contributed by atoms with E-state index in [9.17, 15) is 4.79 Å². The highest BCUT2D eigenvalue weighted by Gasteiger charge is 2.16. The van der Waals surface area contributed by atoms with Crippen molar-refractivity contribution in [3.63, 3.8) is 0 Å². The molecule has 0 radical (unpaired) electrons. The predicted molar refractivity (Wildman–Crippen MR) is 110 cm³/mol. The molecule has 0 aliphatic heterocycles. The Labute approximate surface area is 160 Å². The molecule has 2 aromatic carbocycles. The predicted octanol–water partition coefficient (Wildman–Crippen LogP) is 5.10. The lowest BCUT2D eigenvalue weighted by Gasteiger charge is -2.11. The van der Waals surface area contributed by atoms with Crippen LogP contribution in [0.2, 0.25) is 0 Å². The van der Waals surface area contributed by atoms with E-state index in [-0.39, 0.29) is 12.3 Å². The maximum Gasteiger partial charge on any atom is 0.183 e. The monoisotopic (exact) mass is 362 g/mol. The molecule has 0 atom stereocenters. The second-order valence-corrected chi connectivity index (χ2v) is 6.69. The Balaban J connectivity index is 1.73. The van der Waals surface area contributed by atoms with Crippen molar-refractivity contribution in [3.05, 3.63) is 77.1 Å². The number of carbonyl (C=O) groups is 1.